The maximum absolute atomic E-state index is 12.0. The van der Waals surface area contributed by atoms with E-state index in [1.165, 1.54) is 13.4 Å². The summed E-state index contributed by atoms with van der Waals surface area (Å²) in [6, 6.07) is 5.09. The molecule has 0 atom stereocenters. The number of amides is 1. The van der Waals surface area contributed by atoms with Crippen LogP contribution in [0.1, 0.15) is 16.2 Å². The first-order chi connectivity index (χ1) is 9.22. The molecule has 1 amide bonds. The van der Waals surface area contributed by atoms with E-state index in [1.54, 1.807) is 18.2 Å². The Kier molecular flexibility index (Phi) is 3.97. The Morgan fingerprint density at radius 1 is 1.53 bits per heavy atom. The first-order valence-corrected chi connectivity index (χ1v) is 5.77. The number of nitrogens with two attached hydrogens (primary N) is 1. The van der Waals surface area contributed by atoms with E-state index in [9.17, 15) is 4.79 Å². The Bertz CT molecular complexity index is 553. The van der Waals surface area contributed by atoms with Gasteiger partial charge in [-0.1, -0.05) is 6.07 Å². The summed E-state index contributed by atoms with van der Waals surface area (Å²) in [5, 5.41) is 9.22. The van der Waals surface area contributed by atoms with Crippen LogP contribution >= 0.6 is 0 Å². The molecule has 2 aromatic rings. The number of nitrogen functional groups attached to an aromatic ring is 1. The third kappa shape index (κ3) is 3.01. The standard InChI is InChI=1S/C12H15N5O2/c1-19-9-4-2-3-8(11(9)13)12(18)14-6-5-10-15-7-16-17-10/h2-4,7H,5-6,13H2,1H3,(H,14,18)(H,15,16,17). The van der Waals surface area contributed by atoms with E-state index >= 15 is 0 Å². The number of anilines is 1. The lowest BCUT2D eigenvalue weighted by Gasteiger charge is -2.09. The first kappa shape index (κ1) is 12.9. The summed E-state index contributed by atoms with van der Waals surface area (Å²) in [6.45, 7) is 0.449. The van der Waals surface area contributed by atoms with Crippen molar-refractivity contribution in [3.8, 4) is 5.75 Å². The van der Waals surface area contributed by atoms with E-state index in [1.807, 2.05) is 0 Å². The number of methoxy groups -OCH3 is 1. The molecule has 0 radical (unpaired) electrons. The van der Waals surface area contributed by atoms with Gasteiger partial charge in [0.1, 0.15) is 17.9 Å². The normalized spacial score (nSPS) is 10.2. The van der Waals surface area contributed by atoms with Crippen molar-refractivity contribution < 1.29 is 9.53 Å². The fraction of sp³-hybridized carbons (Fsp3) is 0.250. The minimum Gasteiger partial charge on any atom is -0.495 e. The van der Waals surface area contributed by atoms with Crippen molar-refractivity contribution in [2.75, 3.05) is 19.4 Å². The van der Waals surface area contributed by atoms with E-state index in [4.69, 9.17) is 10.5 Å². The monoisotopic (exact) mass is 261 g/mol. The minimum absolute atomic E-state index is 0.240. The summed E-state index contributed by atoms with van der Waals surface area (Å²) in [7, 11) is 1.51. The highest BCUT2D eigenvalue weighted by Gasteiger charge is 2.12. The summed E-state index contributed by atoms with van der Waals surface area (Å²) in [5.41, 5.74) is 6.58. The van der Waals surface area contributed by atoms with Crippen molar-refractivity contribution in [3.63, 3.8) is 0 Å². The van der Waals surface area contributed by atoms with Crippen LogP contribution in [0, 0.1) is 0 Å². The van der Waals surface area contributed by atoms with E-state index in [0.29, 0.717) is 30.0 Å². The maximum atomic E-state index is 12.0. The molecule has 2 rings (SSSR count). The molecule has 0 aliphatic heterocycles. The zero-order valence-electron chi connectivity index (χ0n) is 10.5. The molecule has 0 saturated carbocycles. The van der Waals surface area contributed by atoms with Crippen LogP contribution in [0.4, 0.5) is 5.69 Å². The molecule has 4 N–H and O–H groups in total. The molecule has 0 aliphatic carbocycles. The topological polar surface area (TPSA) is 106 Å². The number of carbonyl (C=O) groups is 1. The third-order valence-electron chi connectivity index (χ3n) is 2.64. The van der Waals surface area contributed by atoms with E-state index in [2.05, 4.69) is 20.5 Å². The number of hydrogen-bond acceptors (Lipinski definition) is 5. The van der Waals surface area contributed by atoms with Gasteiger partial charge >= 0.3 is 0 Å². The number of ether oxygens (including phenoxy) is 1. The van der Waals surface area contributed by atoms with Gasteiger partial charge in [0.25, 0.3) is 5.91 Å². The summed E-state index contributed by atoms with van der Waals surface area (Å²) >= 11 is 0. The number of rotatable bonds is 5. The van der Waals surface area contributed by atoms with E-state index in [0.717, 1.165) is 5.82 Å². The summed E-state index contributed by atoms with van der Waals surface area (Å²) in [4.78, 5) is 15.9. The second-order valence-corrected chi connectivity index (χ2v) is 3.86. The van der Waals surface area contributed by atoms with Gasteiger partial charge < -0.3 is 15.8 Å². The summed E-state index contributed by atoms with van der Waals surface area (Å²) in [6.07, 6.45) is 2.01. The lowest BCUT2D eigenvalue weighted by molar-refractivity contribution is 0.0954. The molecule has 7 nitrogen and oxygen atoms in total. The lowest BCUT2D eigenvalue weighted by atomic mass is 10.1. The number of hydrogen-bond donors (Lipinski definition) is 3. The molecule has 1 heterocycles. The van der Waals surface area contributed by atoms with Crippen LogP contribution in [-0.2, 0) is 6.42 Å². The number of carbonyl (C=O) groups excluding carboxylic acids is 1. The first-order valence-electron chi connectivity index (χ1n) is 5.77. The average molecular weight is 261 g/mol. The predicted octanol–water partition coefficient (Wildman–Crippen LogP) is 0.368. The van der Waals surface area contributed by atoms with Crippen molar-refractivity contribution in [2.24, 2.45) is 0 Å². The SMILES string of the molecule is COc1cccc(C(=O)NCCc2ncn[nH]2)c1N. The van der Waals surface area contributed by atoms with E-state index < -0.39 is 0 Å². The number of H-pyrrole nitrogens is 1. The molecule has 0 fully saturated rings. The van der Waals surface area contributed by atoms with Crippen LogP contribution in [-0.4, -0.2) is 34.7 Å². The fourth-order valence-electron chi connectivity index (χ4n) is 1.66. The number of nitrogens with one attached hydrogen (secondary N) is 2. The highest BCUT2D eigenvalue weighted by molar-refractivity contribution is 6.00. The molecule has 1 aromatic carbocycles. The number of aromatic nitrogens is 3. The quantitative estimate of drug-likeness (QED) is 0.674. The predicted molar refractivity (Wildman–Crippen MR) is 69.8 cm³/mol. The van der Waals surface area contributed by atoms with E-state index in [-0.39, 0.29) is 5.91 Å². The lowest BCUT2D eigenvalue weighted by Crippen LogP contribution is -2.26. The molecule has 0 aliphatic rings. The van der Waals surface area contributed by atoms with Crippen molar-refractivity contribution in [2.45, 2.75) is 6.42 Å². The number of nitrogens with zero attached hydrogens (tertiary/aromatic N) is 2. The van der Waals surface area contributed by atoms with Crippen molar-refractivity contribution >= 4 is 11.6 Å². The van der Waals surface area contributed by atoms with Crippen molar-refractivity contribution in [1.82, 2.24) is 20.5 Å². The number of aromatic amines is 1. The van der Waals surface area contributed by atoms with Gasteiger partial charge in [-0.15, -0.1) is 0 Å². The van der Waals surface area contributed by atoms with Gasteiger partial charge in [-0.2, -0.15) is 5.10 Å². The zero-order valence-corrected chi connectivity index (χ0v) is 10.5. The number of para-hydroxylation sites is 1. The highest BCUT2D eigenvalue weighted by atomic mass is 16.5. The third-order valence-corrected chi connectivity index (χ3v) is 2.64. The Morgan fingerprint density at radius 3 is 3.05 bits per heavy atom. The molecule has 19 heavy (non-hydrogen) atoms. The molecular formula is C12H15N5O2. The maximum Gasteiger partial charge on any atom is 0.253 e. The van der Waals surface area contributed by atoms with Crippen LogP contribution in [0.25, 0.3) is 0 Å². The zero-order chi connectivity index (χ0) is 13.7. The largest absolute Gasteiger partial charge is 0.495 e. The molecule has 1 aromatic heterocycles. The van der Waals surface area contributed by atoms with Gasteiger partial charge in [0, 0.05) is 13.0 Å². The Hall–Kier alpha value is -2.57. The minimum atomic E-state index is -0.240. The summed E-state index contributed by atoms with van der Waals surface area (Å²) in [5.74, 6) is 0.970. The fourth-order valence-corrected chi connectivity index (χ4v) is 1.66. The Labute approximate surface area is 110 Å². The molecule has 0 saturated heterocycles. The molecule has 0 bridgehead atoms. The Balaban J connectivity index is 1.96. The van der Waals surface area contributed by atoms with Gasteiger partial charge in [0.05, 0.1) is 18.4 Å². The van der Waals surface area contributed by atoms with Gasteiger partial charge in [-0.3, -0.25) is 9.89 Å². The van der Waals surface area contributed by atoms with Crippen LogP contribution in [0.5, 0.6) is 5.75 Å². The smallest absolute Gasteiger partial charge is 0.253 e. The van der Waals surface area contributed by atoms with Gasteiger partial charge in [0.2, 0.25) is 0 Å². The van der Waals surface area contributed by atoms with Gasteiger partial charge in [-0.05, 0) is 12.1 Å². The molecule has 0 unspecified atom stereocenters. The molecular weight excluding hydrogens is 246 g/mol. The van der Waals surface area contributed by atoms with Crippen molar-refractivity contribution in [3.05, 3.63) is 35.9 Å². The van der Waals surface area contributed by atoms with Gasteiger partial charge in [-0.25, -0.2) is 4.98 Å². The Morgan fingerprint density at radius 2 is 2.37 bits per heavy atom. The number of benzene rings is 1. The molecule has 7 heteroatoms. The highest BCUT2D eigenvalue weighted by Crippen LogP contribution is 2.24. The average Bonchev–Trinajstić information content (AvgIpc) is 2.92. The van der Waals surface area contributed by atoms with Crippen LogP contribution in [0.15, 0.2) is 24.5 Å². The van der Waals surface area contributed by atoms with Crippen LogP contribution < -0.4 is 15.8 Å². The van der Waals surface area contributed by atoms with Gasteiger partial charge in [0.15, 0.2) is 0 Å². The molecule has 100 valence electrons. The van der Waals surface area contributed by atoms with Crippen molar-refractivity contribution in [1.29, 1.82) is 0 Å². The summed E-state index contributed by atoms with van der Waals surface area (Å²) < 4.78 is 5.07. The van der Waals surface area contributed by atoms with Crippen LogP contribution in [0.3, 0.4) is 0 Å². The van der Waals surface area contributed by atoms with Crippen LogP contribution in [0.2, 0.25) is 0 Å². The second-order valence-electron chi connectivity index (χ2n) is 3.86. The molecule has 0 spiro atoms. The second kappa shape index (κ2) is 5.85.